The monoisotopic (exact) mass is 412 g/mol. The third-order valence-electron chi connectivity index (χ3n) is 5.92. The quantitative estimate of drug-likeness (QED) is 0.312. The first-order valence-electron chi connectivity index (χ1n) is 10.6. The predicted molar refractivity (Wildman–Crippen MR) is 133 cm³/mol. The number of fused-ring (bicyclic) bond motifs is 6. The number of imidazole rings is 1. The molecule has 0 aliphatic rings. The normalized spacial score (nSPS) is 11.8. The van der Waals surface area contributed by atoms with Gasteiger partial charge in [-0.25, -0.2) is 4.98 Å². The number of phenolic OH excluding ortho intramolecular Hbond substituents is 1. The Balaban J connectivity index is 1.74. The number of rotatable bonds is 3. The highest BCUT2D eigenvalue weighted by atomic mass is 16.3. The summed E-state index contributed by atoms with van der Waals surface area (Å²) in [6.45, 7) is 0. The minimum Gasteiger partial charge on any atom is -0.507 e. The van der Waals surface area contributed by atoms with Gasteiger partial charge < -0.3 is 5.11 Å². The molecule has 32 heavy (non-hydrogen) atoms. The SMILES string of the molecule is Oc1ccccc1/C=C/c1nc2c3ccccc3c3ccccc3c2n1-c1ccccc1. The van der Waals surface area contributed by atoms with Crippen molar-refractivity contribution in [1.29, 1.82) is 0 Å². The summed E-state index contributed by atoms with van der Waals surface area (Å²) in [6.07, 6.45) is 3.89. The van der Waals surface area contributed by atoms with Crippen molar-refractivity contribution in [3.8, 4) is 11.4 Å². The first-order valence-corrected chi connectivity index (χ1v) is 10.6. The van der Waals surface area contributed by atoms with E-state index in [1.807, 2.05) is 48.6 Å². The second-order valence-electron chi connectivity index (χ2n) is 7.82. The Kier molecular flexibility index (Phi) is 4.25. The van der Waals surface area contributed by atoms with E-state index in [4.69, 9.17) is 4.98 Å². The molecule has 0 spiro atoms. The van der Waals surface area contributed by atoms with Crippen LogP contribution in [0.4, 0.5) is 0 Å². The van der Waals surface area contributed by atoms with Crippen molar-refractivity contribution in [3.05, 3.63) is 115 Å². The third-order valence-corrected chi connectivity index (χ3v) is 5.92. The summed E-state index contributed by atoms with van der Waals surface area (Å²) in [6, 6.07) is 34.6. The summed E-state index contributed by atoms with van der Waals surface area (Å²) >= 11 is 0. The Hall–Kier alpha value is -4.37. The van der Waals surface area contributed by atoms with Gasteiger partial charge in [0.25, 0.3) is 0 Å². The first kappa shape index (κ1) is 18.4. The molecule has 3 nitrogen and oxygen atoms in total. The maximum absolute atomic E-state index is 10.2. The molecule has 152 valence electrons. The fraction of sp³-hybridized carbons (Fsp3) is 0. The lowest BCUT2D eigenvalue weighted by atomic mass is 10.00. The Morgan fingerprint density at radius 2 is 1.19 bits per heavy atom. The number of para-hydroxylation sites is 2. The van der Waals surface area contributed by atoms with Crippen LogP contribution in [-0.4, -0.2) is 14.7 Å². The largest absolute Gasteiger partial charge is 0.507 e. The Labute approximate surface area is 185 Å². The van der Waals surface area contributed by atoms with Crippen molar-refractivity contribution < 1.29 is 5.11 Å². The van der Waals surface area contributed by atoms with Crippen LogP contribution < -0.4 is 0 Å². The standard InChI is InChI=1S/C29H20N2O/c32-26-17-9-4-10-20(26)18-19-27-30-28-24-15-7-5-13-22(24)23-14-6-8-16-25(23)29(28)31(27)21-11-2-1-3-12-21/h1-19,32H/b19-18+. The average Bonchev–Trinajstić information content (AvgIpc) is 3.24. The third kappa shape index (κ3) is 2.87. The molecule has 6 rings (SSSR count). The van der Waals surface area contributed by atoms with Crippen LogP contribution >= 0.6 is 0 Å². The van der Waals surface area contributed by atoms with E-state index in [9.17, 15) is 5.11 Å². The number of nitrogens with zero attached hydrogens (tertiary/aromatic N) is 2. The van der Waals surface area contributed by atoms with Gasteiger partial charge in [-0.3, -0.25) is 4.57 Å². The smallest absolute Gasteiger partial charge is 0.138 e. The van der Waals surface area contributed by atoms with Crippen LogP contribution in [0, 0.1) is 0 Å². The summed E-state index contributed by atoms with van der Waals surface area (Å²) in [5, 5.41) is 14.9. The zero-order valence-corrected chi connectivity index (χ0v) is 17.3. The van der Waals surface area contributed by atoms with Gasteiger partial charge >= 0.3 is 0 Å². The van der Waals surface area contributed by atoms with E-state index in [1.54, 1.807) is 6.07 Å². The van der Waals surface area contributed by atoms with Gasteiger partial charge in [-0.1, -0.05) is 84.9 Å². The average molecular weight is 412 g/mol. The van der Waals surface area contributed by atoms with Gasteiger partial charge in [0.2, 0.25) is 0 Å². The molecule has 3 heteroatoms. The molecule has 6 aromatic rings. The van der Waals surface area contributed by atoms with Crippen LogP contribution in [0.3, 0.4) is 0 Å². The van der Waals surface area contributed by atoms with E-state index >= 15 is 0 Å². The summed E-state index contributed by atoms with van der Waals surface area (Å²) in [4.78, 5) is 5.11. The highest BCUT2D eigenvalue weighted by molar-refractivity contribution is 6.23. The molecule has 0 saturated heterocycles. The van der Waals surface area contributed by atoms with Crippen molar-refractivity contribution in [2.45, 2.75) is 0 Å². The highest BCUT2D eigenvalue weighted by Gasteiger charge is 2.17. The lowest BCUT2D eigenvalue weighted by Crippen LogP contribution is -1.97. The molecule has 0 saturated carbocycles. The summed E-state index contributed by atoms with van der Waals surface area (Å²) in [7, 11) is 0. The molecular formula is C29H20N2O. The molecule has 1 N–H and O–H groups in total. The molecule has 0 atom stereocenters. The van der Waals surface area contributed by atoms with Crippen LogP contribution in [0.15, 0.2) is 103 Å². The van der Waals surface area contributed by atoms with Crippen LogP contribution in [0.1, 0.15) is 11.4 Å². The summed E-state index contributed by atoms with van der Waals surface area (Å²) < 4.78 is 2.21. The van der Waals surface area contributed by atoms with Gasteiger partial charge in [-0.15, -0.1) is 0 Å². The second kappa shape index (κ2) is 7.40. The van der Waals surface area contributed by atoms with Crippen LogP contribution in [0.25, 0.3) is 50.4 Å². The first-order chi connectivity index (χ1) is 15.8. The maximum Gasteiger partial charge on any atom is 0.138 e. The molecule has 0 aliphatic carbocycles. The van der Waals surface area contributed by atoms with Gasteiger partial charge in [0.05, 0.1) is 11.0 Å². The maximum atomic E-state index is 10.2. The summed E-state index contributed by atoms with van der Waals surface area (Å²) in [5.41, 5.74) is 3.86. The minimum absolute atomic E-state index is 0.252. The van der Waals surface area contributed by atoms with E-state index in [0.29, 0.717) is 0 Å². The van der Waals surface area contributed by atoms with Gasteiger partial charge in [0, 0.05) is 22.0 Å². The number of aromatic nitrogens is 2. The van der Waals surface area contributed by atoms with Gasteiger partial charge in [0.15, 0.2) is 0 Å². The molecule has 5 aromatic carbocycles. The fourth-order valence-electron chi connectivity index (χ4n) is 4.47. The van der Waals surface area contributed by atoms with Crippen molar-refractivity contribution in [3.63, 3.8) is 0 Å². The zero-order valence-electron chi connectivity index (χ0n) is 17.3. The Morgan fingerprint density at radius 3 is 1.94 bits per heavy atom. The van der Waals surface area contributed by atoms with E-state index in [-0.39, 0.29) is 5.75 Å². The van der Waals surface area contributed by atoms with E-state index in [0.717, 1.165) is 33.5 Å². The van der Waals surface area contributed by atoms with Crippen LogP contribution in [0.2, 0.25) is 0 Å². The molecule has 0 aliphatic heterocycles. The number of aromatic hydroxyl groups is 1. The number of benzene rings is 5. The number of hydrogen-bond acceptors (Lipinski definition) is 2. The number of hydrogen-bond donors (Lipinski definition) is 1. The Bertz CT molecular complexity index is 1630. The highest BCUT2D eigenvalue weighted by Crippen LogP contribution is 2.37. The lowest BCUT2D eigenvalue weighted by molar-refractivity contribution is 0.474. The van der Waals surface area contributed by atoms with E-state index in [2.05, 4.69) is 65.2 Å². The molecule has 1 heterocycles. The molecule has 0 radical (unpaired) electrons. The van der Waals surface area contributed by atoms with E-state index < -0.39 is 0 Å². The van der Waals surface area contributed by atoms with E-state index in [1.165, 1.54) is 16.2 Å². The van der Waals surface area contributed by atoms with Gasteiger partial charge in [0.1, 0.15) is 11.6 Å². The molecule has 1 aromatic heterocycles. The van der Waals surface area contributed by atoms with Crippen LogP contribution in [0.5, 0.6) is 5.75 Å². The zero-order chi connectivity index (χ0) is 21.5. The molecule has 0 fully saturated rings. The van der Waals surface area contributed by atoms with Gasteiger partial charge in [-0.05, 0) is 41.1 Å². The molecule has 0 amide bonds. The Morgan fingerprint density at radius 1 is 0.594 bits per heavy atom. The topological polar surface area (TPSA) is 38.1 Å². The van der Waals surface area contributed by atoms with Crippen molar-refractivity contribution in [2.24, 2.45) is 0 Å². The minimum atomic E-state index is 0.252. The van der Waals surface area contributed by atoms with Crippen LogP contribution in [-0.2, 0) is 0 Å². The lowest BCUT2D eigenvalue weighted by Gasteiger charge is -2.11. The van der Waals surface area contributed by atoms with Crippen molar-refractivity contribution >= 4 is 44.7 Å². The molecular weight excluding hydrogens is 392 g/mol. The summed E-state index contributed by atoms with van der Waals surface area (Å²) in [5.74, 6) is 1.07. The fourth-order valence-corrected chi connectivity index (χ4v) is 4.47. The van der Waals surface area contributed by atoms with Crippen molar-refractivity contribution in [2.75, 3.05) is 0 Å². The van der Waals surface area contributed by atoms with Gasteiger partial charge in [-0.2, -0.15) is 0 Å². The van der Waals surface area contributed by atoms with Crippen molar-refractivity contribution in [1.82, 2.24) is 9.55 Å². The predicted octanol–water partition coefficient (Wildman–Crippen LogP) is 7.21. The molecule has 0 bridgehead atoms. The second-order valence-corrected chi connectivity index (χ2v) is 7.82. The molecule has 0 unspecified atom stereocenters. The number of phenols is 1.